The van der Waals surface area contributed by atoms with Gasteiger partial charge < -0.3 is 4.74 Å². The number of hydrogen-bond donors (Lipinski definition) is 0. The lowest BCUT2D eigenvalue weighted by Crippen LogP contribution is -2.23. The molecule has 0 radical (unpaired) electrons. The Kier molecular flexibility index (Phi) is 3.12. The van der Waals surface area contributed by atoms with Crippen molar-refractivity contribution in [3.05, 3.63) is 47.3 Å². The van der Waals surface area contributed by atoms with Gasteiger partial charge in [0, 0.05) is 24.2 Å². The number of nitrogens with zero attached hydrogens (tertiary/aromatic N) is 2. The van der Waals surface area contributed by atoms with Gasteiger partial charge in [0.05, 0.1) is 17.7 Å². The van der Waals surface area contributed by atoms with Crippen LogP contribution in [0, 0.1) is 0 Å². The van der Waals surface area contributed by atoms with E-state index in [4.69, 9.17) is 4.74 Å². The largest absolute Gasteiger partial charge is 0.484 e. The lowest BCUT2D eigenvalue weighted by molar-refractivity contribution is 0.0848. The standard InChI is InChI=1S/C17H20N2O2/c1-17(2,3)16-12(10-19(4)18-16)15-9-13(20)11-7-5-6-8-14(11)21-15/h5-8,10,15H,9H2,1-4H3. The highest BCUT2D eigenvalue weighted by atomic mass is 16.5. The highest BCUT2D eigenvalue weighted by Crippen LogP contribution is 2.38. The van der Waals surface area contributed by atoms with Gasteiger partial charge in [0.1, 0.15) is 11.9 Å². The molecule has 1 aromatic carbocycles. The van der Waals surface area contributed by atoms with Crippen molar-refractivity contribution in [2.45, 2.75) is 38.7 Å². The molecule has 4 heteroatoms. The number of para-hydroxylation sites is 1. The van der Waals surface area contributed by atoms with Crippen LogP contribution in [0.4, 0.5) is 0 Å². The van der Waals surface area contributed by atoms with Crippen molar-refractivity contribution in [2.24, 2.45) is 7.05 Å². The van der Waals surface area contributed by atoms with Gasteiger partial charge in [-0.2, -0.15) is 5.10 Å². The Morgan fingerprint density at radius 1 is 1.29 bits per heavy atom. The third kappa shape index (κ3) is 2.46. The van der Waals surface area contributed by atoms with Gasteiger partial charge in [0.2, 0.25) is 0 Å². The number of carbonyl (C=O) groups is 1. The van der Waals surface area contributed by atoms with E-state index < -0.39 is 0 Å². The van der Waals surface area contributed by atoms with Gasteiger partial charge in [-0.1, -0.05) is 32.9 Å². The predicted octanol–water partition coefficient (Wildman–Crippen LogP) is 3.42. The first-order valence-corrected chi connectivity index (χ1v) is 7.19. The zero-order chi connectivity index (χ0) is 15.2. The van der Waals surface area contributed by atoms with E-state index in [0.717, 1.165) is 11.3 Å². The topological polar surface area (TPSA) is 44.1 Å². The van der Waals surface area contributed by atoms with Crippen LogP contribution in [0.2, 0.25) is 0 Å². The van der Waals surface area contributed by atoms with Crippen molar-refractivity contribution in [1.29, 1.82) is 0 Å². The number of hydrogen-bond acceptors (Lipinski definition) is 3. The fourth-order valence-corrected chi connectivity index (χ4v) is 2.77. The second kappa shape index (κ2) is 4.72. The number of aryl methyl sites for hydroxylation is 1. The molecule has 0 aliphatic carbocycles. The van der Waals surface area contributed by atoms with Gasteiger partial charge in [-0.05, 0) is 12.1 Å². The lowest BCUT2D eigenvalue weighted by atomic mass is 9.86. The third-order valence-electron chi connectivity index (χ3n) is 3.74. The number of carbonyl (C=O) groups excluding carboxylic acids is 1. The smallest absolute Gasteiger partial charge is 0.170 e. The minimum absolute atomic E-state index is 0.0834. The van der Waals surface area contributed by atoms with E-state index in [1.807, 2.05) is 37.5 Å². The molecule has 1 aliphatic heterocycles. The number of benzene rings is 1. The first-order chi connectivity index (χ1) is 9.86. The number of aromatic nitrogens is 2. The molecule has 2 heterocycles. The van der Waals surface area contributed by atoms with Crippen molar-refractivity contribution >= 4 is 5.78 Å². The minimum atomic E-state index is -0.254. The fourth-order valence-electron chi connectivity index (χ4n) is 2.77. The van der Waals surface area contributed by atoms with Gasteiger partial charge in [-0.3, -0.25) is 9.48 Å². The van der Waals surface area contributed by atoms with Crippen molar-refractivity contribution < 1.29 is 9.53 Å². The molecule has 1 atom stereocenters. The van der Waals surface area contributed by atoms with Crippen molar-refractivity contribution in [3.63, 3.8) is 0 Å². The Hall–Kier alpha value is -2.10. The monoisotopic (exact) mass is 284 g/mol. The quantitative estimate of drug-likeness (QED) is 0.806. The van der Waals surface area contributed by atoms with Gasteiger partial charge >= 0.3 is 0 Å². The summed E-state index contributed by atoms with van der Waals surface area (Å²) in [4.78, 5) is 12.3. The molecule has 21 heavy (non-hydrogen) atoms. The Morgan fingerprint density at radius 3 is 2.71 bits per heavy atom. The average Bonchev–Trinajstić information content (AvgIpc) is 2.81. The highest BCUT2D eigenvalue weighted by Gasteiger charge is 2.33. The summed E-state index contributed by atoms with van der Waals surface area (Å²) in [6, 6.07) is 7.43. The average molecular weight is 284 g/mol. The SMILES string of the molecule is Cn1cc(C2CC(=O)c3ccccc3O2)c(C(C)(C)C)n1. The van der Waals surface area contributed by atoms with Crippen LogP contribution in [0.5, 0.6) is 5.75 Å². The third-order valence-corrected chi connectivity index (χ3v) is 3.74. The Labute approximate surface area is 124 Å². The van der Waals surface area contributed by atoms with E-state index in [2.05, 4.69) is 25.9 Å². The molecule has 0 spiro atoms. The summed E-state index contributed by atoms with van der Waals surface area (Å²) in [6.45, 7) is 6.37. The molecular formula is C17H20N2O2. The molecule has 0 N–H and O–H groups in total. The number of rotatable bonds is 1. The first kappa shape index (κ1) is 13.9. The summed E-state index contributed by atoms with van der Waals surface area (Å²) < 4.78 is 7.86. The molecule has 110 valence electrons. The van der Waals surface area contributed by atoms with Crippen LogP contribution < -0.4 is 4.74 Å². The molecule has 3 rings (SSSR count). The molecular weight excluding hydrogens is 264 g/mol. The van der Waals surface area contributed by atoms with Gasteiger partial charge in [-0.25, -0.2) is 0 Å². The van der Waals surface area contributed by atoms with E-state index in [9.17, 15) is 4.79 Å². The molecule has 1 aromatic heterocycles. The molecule has 0 saturated carbocycles. The zero-order valence-electron chi connectivity index (χ0n) is 12.9. The van der Waals surface area contributed by atoms with Crippen molar-refractivity contribution in [3.8, 4) is 5.75 Å². The Bertz CT molecular complexity index is 695. The Morgan fingerprint density at radius 2 is 2.00 bits per heavy atom. The molecule has 1 aliphatic rings. The fraction of sp³-hybridized carbons (Fsp3) is 0.412. The predicted molar refractivity (Wildman–Crippen MR) is 80.7 cm³/mol. The molecule has 0 fully saturated rings. The summed E-state index contributed by atoms with van der Waals surface area (Å²) >= 11 is 0. The lowest BCUT2D eigenvalue weighted by Gasteiger charge is -2.27. The Balaban J connectivity index is 2.02. The van der Waals surface area contributed by atoms with Crippen LogP contribution in [-0.4, -0.2) is 15.6 Å². The van der Waals surface area contributed by atoms with Crippen LogP contribution in [-0.2, 0) is 12.5 Å². The maximum absolute atomic E-state index is 12.3. The number of ether oxygens (including phenoxy) is 1. The summed E-state index contributed by atoms with van der Waals surface area (Å²) in [7, 11) is 1.90. The maximum Gasteiger partial charge on any atom is 0.170 e. The summed E-state index contributed by atoms with van der Waals surface area (Å²) in [5.74, 6) is 0.799. The normalized spacial score (nSPS) is 18.3. The number of fused-ring (bicyclic) bond motifs is 1. The first-order valence-electron chi connectivity index (χ1n) is 7.19. The second-order valence-corrected chi connectivity index (χ2v) is 6.59. The van der Waals surface area contributed by atoms with Crippen molar-refractivity contribution in [2.75, 3.05) is 0 Å². The number of Topliss-reactive ketones (excluding diaryl/α,β-unsaturated/α-hetero) is 1. The summed E-state index contributed by atoms with van der Waals surface area (Å²) in [5.41, 5.74) is 2.59. The molecule has 0 saturated heterocycles. The number of ketones is 1. The zero-order valence-corrected chi connectivity index (χ0v) is 12.9. The second-order valence-electron chi connectivity index (χ2n) is 6.59. The molecule has 4 nitrogen and oxygen atoms in total. The molecule has 1 unspecified atom stereocenters. The van der Waals surface area contributed by atoms with Crippen molar-refractivity contribution in [1.82, 2.24) is 9.78 Å². The van der Waals surface area contributed by atoms with Gasteiger partial charge in [0.15, 0.2) is 5.78 Å². The van der Waals surface area contributed by atoms with Crippen LogP contribution in [0.3, 0.4) is 0 Å². The van der Waals surface area contributed by atoms with Gasteiger partial charge in [-0.15, -0.1) is 0 Å². The van der Waals surface area contributed by atoms with E-state index in [1.54, 1.807) is 4.68 Å². The van der Waals surface area contributed by atoms with Crippen LogP contribution in [0.1, 0.15) is 54.9 Å². The highest BCUT2D eigenvalue weighted by molar-refractivity contribution is 5.99. The van der Waals surface area contributed by atoms with Crippen LogP contribution in [0.25, 0.3) is 0 Å². The van der Waals surface area contributed by atoms with Gasteiger partial charge in [0.25, 0.3) is 0 Å². The molecule has 0 amide bonds. The van der Waals surface area contributed by atoms with E-state index in [-0.39, 0.29) is 17.3 Å². The summed E-state index contributed by atoms with van der Waals surface area (Å²) in [5, 5.41) is 4.56. The minimum Gasteiger partial charge on any atom is -0.484 e. The van der Waals surface area contributed by atoms with Crippen LogP contribution >= 0.6 is 0 Å². The summed E-state index contributed by atoms with van der Waals surface area (Å²) in [6.07, 6.45) is 2.08. The van der Waals surface area contributed by atoms with E-state index in [0.29, 0.717) is 17.7 Å². The van der Waals surface area contributed by atoms with E-state index in [1.165, 1.54) is 0 Å². The maximum atomic E-state index is 12.3. The van der Waals surface area contributed by atoms with Crippen LogP contribution in [0.15, 0.2) is 30.5 Å². The molecule has 0 bridgehead atoms. The molecule has 2 aromatic rings. The van der Waals surface area contributed by atoms with E-state index >= 15 is 0 Å².